The molecule has 0 N–H and O–H groups in total. The van der Waals surface area contributed by atoms with Crippen LogP contribution in [0.1, 0.15) is 18.4 Å². The molecule has 0 unspecified atom stereocenters. The number of aromatic nitrogens is 2. The molecule has 0 aliphatic carbocycles. The Morgan fingerprint density at radius 3 is 2.52 bits per heavy atom. The van der Waals surface area contributed by atoms with Crippen molar-refractivity contribution < 1.29 is 8.42 Å². The standard InChI is InChI=1S/C18H21ClN2O2S2/c1-5-14(7-6-12-25(4,22)23)17-18(21(3)13(2)20-17)24-16-10-8-15(19)9-11-16/h5-11H,12H2,1-4H3/b7-6-,14-5+. The SMILES string of the molecule is C/C=C(\C=C/CS(C)(=O)=O)c1nc(C)n(C)c1Sc1ccc(Cl)cc1. The zero-order valence-corrected chi connectivity index (χ0v) is 17.0. The zero-order valence-electron chi connectivity index (χ0n) is 14.7. The first-order valence-corrected chi connectivity index (χ1v) is 10.9. The van der Waals surface area contributed by atoms with Gasteiger partial charge in [0, 0.05) is 23.2 Å². The van der Waals surface area contributed by atoms with E-state index in [1.165, 1.54) is 6.26 Å². The van der Waals surface area contributed by atoms with Gasteiger partial charge in [-0.15, -0.1) is 0 Å². The van der Waals surface area contributed by atoms with Crippen molar-refractivity contribution in [1.82, 2.24) is 9.55 Å². The van der Waals surface area contributed by atoms with E-state index in [9.17, 15) is 8.42 Å². The first-order chi connectivity index (χ1) is 11.7. The van der Waals surface area contributed by atoms with Crippen molar-refractivity contribution in [2.45, 2.75) is 23.8 Å². The maximum atomic E-state index is 11.3. The molecule has 2 aromatic rings. The summed E-state index contributed by atoms with van der Waals surface area (Å²) < 4.78 is 24.7. The summed E-state index contributed by atoms with van der Waals surface area (Å²) in [6, 6.07) is 7.65. The molecular formula is C18H21ClN2O2S2. The Morgan fingerprint density at radius 2 is 1.96 bits per heavy atom. The summed E-state index contributed by atoms with van der Waals surface area (Å²) in [6.07, 6.45) is 6.63. The number of sulfone groups is 1. The van der Waals surface area contributed by atoms with E-state index in [0.717, 1.165) is 27.0 Å². The normalized spacial score (nSPS) is 12.9. The van der Waals surface area contributed by atoms with Gasteiger partial charge in [-0.25, -0.2) is 13.4 Å². The number of halogens is 1. The number of rotatable bonds is 6. The van der Waals surface area contributed by atoms with Gasteiger partial charge in [0.15, 0.2) is 9.84 Å². The predicted molar refractivity (Wildman–Crippen MR) is 106 cm³/mol. The van der Waals surface area contributed by atoms with E-state index in [1.54, 1.807) is 17.8 Å². The zero-order chi connectivity index (χ0) is 18.6. The van der Waals surface area contributed by atoms with E-state index in [4.69, 9.17) is 11.6 Å². The fraction of sp³-hybridized carbons (Fsp3) is 0.278. The fourth-order valence-electron chi connectivity index (χ4n) is 2.17. The van der Waals surface area contributed by atoms with Crippen LogP contribution >= 0.6 is 23.4 Å². The molecule has 7 heteroatoms. The maximum absolute atomic E-state index is 11.3. The Morgan fingerprint density at radius 1 is 1.32 bits per heavy atom. The van der Waals surface area contributed by atoms with E-state index >= 15 is 0 Å². The topological polar surface area (TPSA) is 52.0 Å². The van der Waals surface area contributed by atoms with Gasteiger partial charge in [0.25, 0.3) is 0 Å². The molecule has 25 heavy (non-hydrogen) atoms. The first kappa shape index (κ1) is 19.8. The van der Waals surface area contributed by atoms with Crippen LogP contribution in [0, 0.1) is 6.92 Å². The number of nitrogens with zero attached hydrogens (tertiary/aromatic N) is 2. The summed E-state index contributed by atoms with van der Waals surface area (Å²) in [7, 11) is -1.06. The van der Waals surface area contributed by atoms with Crippen molar-refractivity contribution in [3.63, 3.8) is 0 Å². The average Bonchev–Trinajstić information content (AvgIpc) is 2.81. The second kappa shape index (κ2) is 8.25. The number of hydrogen-bond acceptors (Lipinski definition) is 4. The van der Waals surface area contributed by atoms with Gasteiger partial charge in [-0.2, -0.15) is 0 Å². The first-order valence-electron chi connectivity index (χ1n) is 7.69. The highest BCUT2D eigenvalue weighted by Gasteiger charge is 2.16. The van der Waals surface area contributed by atoms with E-state index in [1.807, 2.05) is 61.9 Å². The van der Waals surface area contributed by atoms with E-state index in [2.05, 4.69) is 4.98 Å². The van der Waals surface area contributed by atoms with Gasteiger partial charge in [-0.05, 0) is 43.7 Å². The molecule has 0 radical (unpaired) electrons. The van der Waals surface area contributed by atoms with Crippen LogP contribution < -0.4 is 0 Å². The highest BCUT2D eigenvalue weighted by molar-refractivity contribution is 7.99. The van der Waals surface area contributed by atoms with Gasteiger partial charge in [0.05, 0.1) is 5.75 Å². The molecule has 0 amide bonds. The molecule has 1 aromatic carbocycles. The Hall–Kier alpha value is -1.50. The summed E-state index contributed by atoms with van der Waals surface area (Å²) in [5.74, 6) is 0.901. The van der Waals surface area contributed by atoms with Crippen LogP contribution in [-0.4, -0.2) is 30.0 Å². The number of imidazole rings is 1. The lowest BCUT2D eigenvalue weighted by atomic mass is 10.2. The molecule has 1 aromatic heterocycles. The van der Waals surface area contributed by atoms with Crippen LogP contribution in [0.25, 0.3) is 5.57 Å². The third-order valence-electron chi connectivity index (χ3n) is 3.58. The summed E-state index contributed by atoms with van der Waals surface area (Å²) in [4.78, 5) is 5.72. The van der Waals surface area contributed by atoms with Gasteiger partial charge in [0.2, 0.25) is 0 Å². The van der Waals surface area contributed by atoms with Crippen LogP contribution in [-0.2, 0) is 16.9 Å². The second-order valence-corrected chi connectivity index (χ2v) is 9.35. The van der Waals surface area contributed by atoms with Crippen molar-refractivity contribution >= 4 is 38.8 Å². The third kappa shape index (κ3) is 5.49. The summed E-state index contributed by atoms with van der Waals surface area (Å²) in [6.45, 7) is 3.86. The predicted octanol–water partition coefficient (Wildman–Crippen LogP) is 4.54. The number of hydrogen-bond donors (Lipinski definition) is 0. The molecule has 0 atom stereocenters. The Kier molecular flexibility index (Phi) is 6.54. The minimum Gasteiger partial charge on any atom is -0.326 e. The van der Waals surface area contributed by atoms with Crippen molar-refractivity contribution in [2.24, 2.45) is 7.05 Å². The Labute approximate surface area is 158 Å². The van der Waals surface area contributed by atoms with Gasteiger partial charge in [-0.3, -0.25) is 0 Å². The molecule has 0 saturated heterocycles. The Bertz CT molecular complexity index is 911. The molecule has 0 bridgehead atoms. The van der Waals surface area contributed by atoms with Crippen LogP contribution in [0.15, 0.2) is 52.4 Å². The monoisotopic (exact) mass is 396 g/mol. The highest BCUT2D eigenvalue weighted by atomic mass is 35.5. The number of allylic oxidation sites excluding steroid dienone is 3. The molecule has 0 saturated carbocycles. The molecule has 2 rings (SSSR count). The summed E-state index contributed by atoms with van der Waals surface area (Å²) >= 11 is 7.56. The Balaban J connectivity index is 2.37. The molecule has 0 spiro atoms. The van der Waals surface area contributed by atoms with Crippen molar-refractivity contribution in [3.05, 3.63) is 59.0 Å². The van der Waals surface area contributed by atoms with Gasteiger partial charge < -0.3 is 4.57 Å². The smallest absolute Gasteiger partial charge is 0.151 e. The fourth-order valence-corrected chi connectivity index (χ4v) is 3.77. The van der Waals surface area contributed by atoms with Gasteiger partial charge in [-0.1, -0.05) is 41.6 Å². The molecule has 4 nitrogen and oxygen atoms in total. The molecule has 1 heterocycles. The highest BCUT2D eigenvalue weighted by Crippen LogP contribution is 2.34. The minimum absolute atomic E-state index is 0.00974. The van der Waals surface area contributed by atoms with Crippen LogP contribution in [0.3, 0.4) is 0 Å². The largest absolute Gasteiger partial charge is 0.326 e. The lowest BCUT2D eigenvalue weighted by Gasteiger charge is -2.07. The maximum Gasteiger partial charge on any atom is 0.151 e. The minimum atomic E-state index is -3.03. The number of benzene rings is 1. The van der Waals surface area contributed by atoms with Gasteiger partial charge >= 0.3 is 0 Å². The second-order valence-electron chi connectivity index (χ2n) is 5.67. The molecule has 134 valence electrons. The van der Waals surface area contributed by atoms with Crippen LogP contribution in [0.2, 0.25) is 5.02 Å². The summed E-state index contributed by atoms with van der Waals surface area (Å²) in [5, 5.41) is 1.69. The molecule has 0 aliphatic rings. The van der Waals surface area contributed by atoms with Crippen molar-refractivity contribution in [2.75, 3.05) is 12.0 Å². The van der Waals surface area contributed by atoms with Crippen molar-refractivity contribution in [3.8, 4) is 0 Å². The van der Waals surface area contributed by atoms with Crippen molar-refractivity contribution in [1.29, 1.82) is 0 Å². The van der Waals surface area contributed by atoms with Crippen LogP contribution in [0.4, 0.5) is 0 Å². The quantitative estimate of drug-likeness (QED) is 0.673. The average molecular weight is 397 g/mol. The van der Waals surface area contributed by atoms with E-state index in [-0.39, 0.29) is 5.75 Å². The molecule has 0 aliphatic heterocycles. The summed E-state index contributed by atoms with van der Waals surface area (Å²) in [5.41, 5.74) is 1.73. The van der Waals surface area contributed by atoms with E-state index < -0.39 is 9.84 Å². The lowest BCUT2D eigenvalue weighted by molar-refractivity contribution is 0.604. The number of aryl methyl sites for hydroxylation is 1. The lowest BCUT2D eigenvalue weighted by Crippen LogP contribution is -1.99. The van der Waals surface area contributed by atoms with Gasteiger partial charge in [0.1, 0.15) is 16.5 Å². The molecule has 0 fully saturated rings. The third-order valence-corrected chi connectivity index (χ3v) is 5.79. The van der Waals surface area contributed by atoms with E-state index in [0.29, 0.717) is 5.02 Å². The molecular weight excluding hydrogens is 376 g/mol. The van der Waals surface area contributed by atoms with Crippen LogP contribution in [0.5, 0.6) is 0 Å².